The Kier molecular flexibility index (Phi) is 4.49. The Morgan fingerprint density at radius 2 is 2.28 bits per heavy atom. The Morgan fingerprint density at radius 3 is 3.06 bits per heavy atom. The zero-order valence-electron chi connectivity index (χ0n) is 10.2. The molecule has 1 heterocycles. The van der Waals surface area contributed by atoms with Crippen molar-refractivity contribution in [3.8, 4) is 0 Å². The second kappa shape index (κ2) is 6.11. The minimum atomic E-state index is -0.191. The molecule has 1 aromatic carbocycles. The van der Waals surface area contributed by atoms with Crippen LogP contribution in [0.15, 0.2) is 35.2 Å². The lowest BCUT2D eigenvalue weighted by Gasteiger charge is -2.04. The van der Waals surface area contributed by atoms with E-state index in [0.29, 0.717) is 12.1 Å². The number of hydrogen-bond acceptors (Lipinski definition) is 2. The molecule has 2 rings (SSSR count). The van der Waals surface area contributed by atoms with Crippen LogP contribution in [0.25, 0.3) is 0 Å². The van der Waals surface area contributed by atoms with Crippen molar-refractivity contribution in [1.29, 1.82) is 0 Å². The maximum absolute atomic E-state index is 13.6. The van der Waals surface area contributed by atoms with E-state index in [-0.39, 0.29) is 5.82 Å². The molecule has 0 aliphatic heterocycles. The molecule has 18 heavy (non-hydrogen) atoms. The van der Waals surface area contributed by atoms with Crippen molar-refractivity contribution < 1.29 is 4.39 Å². The molecule has 0 aliphatic carbocycles. The van der Waals surface area contributed by atoms with Gasteiger partial charge in [0.1, 0.15) is 5.82 Å². The molecule has 0 atom stereocenters. The molecule has 0 radical (unpaired) electrons. The first-order valence-electron chi connectivity index (χ1n) is 5.78. The fraction of sp³-hybridized carbons (Fsp3) is 0.308. The van der Waals surface area contributed by atoms with Crippen molar-refractivity contribution in [3.63, 3.8) is 0 Å². The number of likely N-dealkylation sites (N-methyl/N-ethyl adjacent to an activating group) is 1. The Labute approximate surface area is 114 Å². The van der Waals surface area contributed by atoms with Crippen LogP contribution in [0.2, 0.25) is 0 Å². The largest absolute Gasteiger partial charge is 0.333 e. The third kappa shape index (κ3) is 3.40. The lowest BCUT2D eigenvalue weighted by Crippen LogP contribution is -2.10. The average Bonchev–Trinajstić information content (AvgIpc) is 2.79. The topological polar surface area (TPSA) is 29.9 Å². The van der Waals surface area contributed by atoms with E-state index in [1.165, 1.54) is 6.07 Å². The van der Waals surface area contributed by atoms with E-state index in [2.05, 4.69) is 26.2 Å². The van der Waals surface area contributed by atoms with Gasteiger partial charge in [-0.15, -0.1) is 0 Å². The zero-order valence-corrected chi connectivity index (χ0v) is 11.7. The molecule has 0 saturated carbocycles. The van der Waals surface area contributed by atoms with Gasteiger partial charge in [0.05, 0.1) is 18.6 Å². The van der Waals surface area contributed by atoms with Gasteiger partial charge in [-0.2, -0.15) is 0 Å². The minimum Gasteiger partial charge on any atom is -0.333 e. The molecule has 1 N–H and O–H groups in total. The number of nitrogens with zero attached hydrogens (tertiary/aromatic N) is 2. The van der Waals surface area contributed by atoms with Gasteiger partial charge >= 0.3 is 0 Å². The minimum absolute atomic E-state index is 0.191. The van der Waals surface area contributed by atoms with Crippen LogP contribution in [0, 0.1) is 5.82 Å². The van der Waals surface area contributed by atoms with Crippen LogP contribution in [0.1, 0.15) is 11.3 Å². The Hall–Kier alpha value is -1.20. The molecule has 0 saturated heterocycles. The van der Waals surface area contributed by atoms with Crippen LogP contribution in [0.5, 0.6) is 0 Å². The summed E-state index contributed by atoms with van der Waals surface area (Å²) in [5, 5.41) is 3.08. The van der Waals surface area contributed by atoms with E-state index in [1.54, 1.807) is 18.5 Å². The lowest BCUT2D eigenvalue weighted by molar-refractivity contribution is 0.599. The van der Waals surface area contributed by atoms with Gasteiger partial charge in [-0.3, -0.25) is 0 Å². The number of hydrogen-bond donors (Lipinski definition) is 1. The van der Waals surface area contributed by atoms with Gasteiger partial charge in [0, 0.05) is 29.2 Å². The standard InChI is InChI=1S/C13H15BrFN3/c1-16-5-4-12-8-18(9-17-12)7-10-6-11(14)2-3-13(10)15/h2-3,6,8-9,16H,4-5,7H2,1H3. The summed E-state index contributed by atoms with van der Waals surface area (Å²) in [5.74, 6) is -0.191. The van der Waals surface area contributed by atoms with Gasteiger partial charge in [0.2, 0.25) is 0 Å². The van der Waals surface area contributed by atoms with Crippen molar-refractivity contribution in [2.24, 2.45) is 0 Å². The molecule has 0 amide bonds. The predicted octanol–water partition coefficient (Wildman–Crippen LogP) is 2.59. The van der Waals surface area contributed by atoms with Crippen LogP contribution >= 0.6 is 15.9 Å². The van der Waals surface area contributed by atoms with Gasteiger partial charge in [-0.05, 0) is 25.2 Å². The Balaban J connectivity index is 2.08. The van der Waals surface area contributed by atoms with Crippen molar-refractivity contribution in [3.05, 3.63) is 52.3 Å². The number of aromatic nitrogens is 2. The summed E-state index contributed by atoms with van der Waals surface area (Å²) < 4.78 is 16.4. The van der Waals surface area contributed by atoms with Crippen LogP contribution in [-0.4, -0.2) is 23.1 Å². The second-order valence-electron chi connectivity index (χ2n) is 4.13. The van der Waals surface area contributed by atoms with Gasteiger partial charge in [0.15, 0.2) is 0 Å². The highest BCUT2D eigenvalue weighted by atomic mass is 79.9. The molecule has 2 aromatic rings. The molecule has 0 aliphatic rings. The number of nitrogens with one attached hydrogen (secondary N) is 1. The SMILES string of the molecule is CNCCc1cn(Cc2cc(Br)ccc2F)cn1. The molecule has 1 aromatic heterocycles. The molecule has 0 spiro atoms. The van der Waals surface area contributed by atoms with Crippen LogP contribution in [0.4, 0.5) is 4.39 Å². The molecule has 3 nitrogen and oxygen atoms in total. The van der Waals surface area contributed by atoms with E-state index < -0.39 is 0 Å². The third-order valence-electron chi connectivity index (χ3n) is 2.68. The average molecular weight is 312 g/mol. The molecular formula is C13H15BrFN3. The number of halogens is 2. The van der Waals surface area contributed by atoms with Gasteiger partial charge < -0.3 is 9.88 Å². The second-order valence-corrected chi connectivity index (χ2v) is 5.04. The quantitative estimate of drug-likeness (QED) is 0.920. The van der Waals surface area contributed by atoms with Crippen LogP contribution in [-0.2, 0) is 13.0 Å². The summed E-state index contributed by atoms with van der Waals surface area (Å²) in [6, 6.07) is 4.96. The molecule has 0 bridgehead atoms. The highest BCUT2D eigenvalue weighted by Crippen LogP contribution is 2.16. The lowest BCUT2D eigenvalue weighted by atomic mass is 10.2. The Morgan fingerprint density at radius 1 is 1.44 bits per heavy atom. The van der Waals surface area contributed by atoms with Gasteiger partial charge in [0.25, 0.3) is 0 Å². The van der Waals surface area contributed by atoms with E-state index >= 15 is 0 Å². The molecule has 96 valence electrons. The molecular weight excluding hydrogens is 297 g/mol. The molecule has 0 unspecified atom stereocenters. The number of benzene rings is 1. The predicted molar refractivity (Wildman–Crippen MR) is 73.1 cm³/mol. The van der Waals surface area contributed by atoms with E-state index in [9.17, 15) is 4.39 Å². The highest BCUT2D eigenvalue weighted by molar-refractivity contribution is 9.10. The van der Waals surface area contributed by atoms with Gasteiger partial charge in [-0.1, -0.05) is 15.9 Å². The monoisotopic (exact) mass is 311 g/mol. The fourth-order valence-electron chi connectivity index (χ4n) is 1.74. The van der Waals surface area contributed by atoms with Crippen molar-refractivity contribution in [2.75, 3.05) is 13.6 Å². The van der Waals surface area contributed by atoms with E-state index in [0.717, 1.165) is 23.1 Å². The van der Waals surface area contributed by atoms with Crippen LogP contribution in [0.3, 0.4) is 0 Å². The first kappa shape index (κ1) is 13.2. The molecule has 5 heteroatoms. The van der Waals surface area contributed by atoms with Crippen molar-refractivity contribution in [2.45, 2.75) is 13.0 Å². The highest BCUT2D eigenvalue weighted by Gasteiger charge is 2.05. The summed E-state index contributed by atoms with van der Waals surface area (Å²) in [4.78, 5) is 4.29. The fourth-order valence-corrected chi connectivity index (χ4v) is 2.14. The first-order chi connectivity index (χ1) is 8.69. The molecule has 0 fully saturated rings. The van der Waals surface area contributed by atoms with Gasteiger partial charge in [-0.25, -0.2) is 9.37 Å². The van der Waals surface area contributed by atoms with E-state index in [4.69, 9.17) is 0 Å². The van der Waals surface area contributed by atoms with Crippen LogP contribution < -0.4 is 5.32 Å². The smallest absolute Gasteiger partial charge is 0.128 e. The van der Waals surface area contributed by atoms with Crippen molar-refractivity contribution in [1.82, 2.24) is 14.9 Å². The zero-order chi connectivity index (χ0) is 13.0. The van der Waals surface area contributed by atoms with E-state index in [1.807, 2.05) is 17.8 Å². The first-order valence-corrected chi connectivity index (χ1v) is 6.57. The number of imidazole rings is 1. The summed E-state index contributed by atoms with van der Waals surface area (Å²) in [6.45, 7) is 1.39. The number of rotatable bonds is 5. The summed E-state index contributed by atoms with van der Waals surface area (Å²) in [6.07, 6.45) is 4.58. The summed E-state index contributed by atoms with van der Waals surface area (Å²) >= 11 is 3.35. The summed E-state index contributed by atoms with van der Waals surface area (Å²) in [5.41, 5.74) is 1.67. The maximum atomic E-state index is 13.6. The summed E-state index contributed by atoms with van der Waals surface area (Å²) in [7, 11) is 1.91. The van der Waals surface area contributed by atoms with Crippen molar-refractivity contribution >= 4 is 15.9 Å². The maximum Gasteiger partial charge on any atom is 0.128 e. The third-order valence-corrected chi connectivity index (χ3v) is 3.17. The Bertz CT molecular complexity index is 525. The normalized spacial score (nSPS) is 10.8.